The van der Waals surface area contributed by atoms with Crippen LogP contribution in [0.3, 0.4) is 0 Å². The van der Waals surface area contributed by atoms with Crippen LogP contribution >= 0.6 is 0 Å². The lowest BCUT2D eigenvalue weighted by atomic mass is 10.1. The van der Waals surface area contributed by atoms with Crippen LogP contribution in [0.1, 0.15) is 11.3 Å². The van der Waals surface area contributed by atoms with Crippen LogP contribution in [0.2, 0.25) is 0 Å². The van der Waals surface area contributed by atoms with Gasteiger partial charge in [-0.1, -0.05) is 0 Å². The highest BCUT2D eigenvalue weighted by Gasteiger charge is 2.17. The van der Waals surface area contributed by atoms with Crippen LogP contribution in [0.5, 0.6) is 0 Å². The van der Waals surface area contributed by atoms with Gasteiger partial charge < -0.3 is 5.32 Å². The summed E-state index contributed by atoms with van der Waals surface area (Å²) in [5, 5.41) is 13.8. The average Bonchev–Trinajstić information content (AvgIpc) is 2.54. The molecule has 9 heteroatoms. The number of anilines is 1. The predicted octanol–water partition coefficient (Wildman–Crippen LogP) is 1.44. The molecule has 0 unspecified atom stereocenters. The lowest BCUT2D eigenvalue weighted by molar-refractivity contribution is -0.384. The van der Waals surface area contributed by atoms with Gasteiger partial charge in [-0.25, -0.2) is 8.42 Å². The van der Waals surface area contributed by atoms with Gasteiger partial charge in [0, 0.05) is 37.3 Å². The standard InChI is InChI=1S/C14H14N4O4S/c19-18(20)12-1-3-13(4-2-12)23(21,22)17-11-7-10-8-15-6-5-14(10)16-9-11/h1-4,7,9,15,17H,5-6,8H2. The van der Waals surface area contributed by atoms with Crippen molar-refractivity contribution in [3.8, 4) is 0 Å². The Bertz CT molecular complexity index is 850. The summed E-state index contributed by atoms with van der Waals surface area (Å²) in [6, 6.07) is 6.46. The summed E-state index contributed by atoms with van der Waals surface area (Å²) in [6.07, 6.45) is 2.29. The highest BCUT2D eigenvalue weighted by atomic mass is 32.2. The molecule has 1 aromatic carbocycles. The van der Waals surface area contributed by atoms with Crippen molar-refractivity contribution in [2.45, 2.75) is 17.9 Å². The van der Waals surface area contributed by atoms with Gasteiger partial charge in [-0.15, -0.1) is 0 Å². The number of hydrogen-bond acceptors (Lipinski definition) is 6. The number of sulfonamides is 1. The number of nitro groups is 1. The topological polar surface area (TPSA) is 114 Å². The van der Waals surface area contributed by atoms with Gasteiger partial charge >= 0.3 is 0 Å². The molecule has 0 radical (unpaired) electrons. The summed E-state index contributed by atoms with van der Waals surface area (Å²) in [5.74, 6) is 0. The molecule has 2 aromatic rings. The molecule has 0 fully saturated rings. The third kappa shape index (κ3) is 3.30. The number of nitrogens with one attached hydrogen (secondary N) is 2. The van der Waals surface area contributed by atoms with E-state index in [2.05, 4.69) is 15.0 Å². The average molecular weight is 334 g/mol. The first-order valence-corrected chi connectivity index (χ1v) is 8.40. The number of aromatic nitrogens is 1. The Morgan fingerprint density at radius 3 is 2.70 bits per heavy atom. The third-order valence-corrected chi connectivity index (χ3v) is 4.92. The summed E-state index contributed by atoms with van der Waals surface area (Å²) in [4.78, 5) is 14.3. The van der Waals surface area contributed by atoms with E-state index in [9.17, 15) is 18.5 Å². The van der Waals surface area contributed by atoms with Gasteiger partial charge in [0.1, 0.15) is 0 Å². The SMILES string of the molecule is O=[N+]([O-])c1ccc(S(=O)(=O)Nc2cnc3c(c2)CNCC3)cc1. The molecule has 0 aliphatic carbocycles. The number of nitro benzene ring substituents is 1. The first kappa shape index (κ1) is 15.4. The van der Waals surface area contributed by atoms with Crippen LogP contribution in [0.15, 0.2) is 41.4 Å². The van der Waals surface area contributed by atoms with Crippen molar-refractivity contribution in [3.63, 3.8) is 0 Å². The van der Waals surface area contributed by atoms with E-state index in [1.165, 1.54) is 18.3 Å². The Kier molecular flexibility index (Phi) is 3.97. The zero-order chi connectivity index (χ0) is 16.4. The molecule has 1 aromatic heterocycles. The molecule has 2 N–H and O–H groups in total. The van der Waals surface area contributed by atoms with Crippen molar-refractivity contribution in [1.82, 2.24) is 10.3 Å². The molecule has 3 rings (SSSR count). The molecule has 120 valence electrons. The van der Waals surface area contributed by atoms with Gasteiger partial charge in [0.05, 0.1) is 21.7 Å². The van der Waals surface area contributed by atoms with E-state index in [1.54, 1.807) is 6.07 Å². The number of benzene rings is 1. The molecular formula is C14H14N4O4S. The van der Waals surface area contributed by atoms with Crippen LogP contribution in [0, 0.1) is 10.1 Å². The first-order chi connectivity index (χ1) is 11.0. The van der Waals surface area contributed by atoms with Crippen molar-refractivity contribution in [2.75, 3.05) is 11.3 Å². The minimum absolute atomic E-state index is 0.0426. The summed E-state index contributed by atoms with van der Waals surface area (Å²) in [7, 11) is -3.82. The fourth-order valence-electron chi connectivity index (χ4n) is 2.36. The Labute approximate surface area is 132 Å². The van der Waals surface area contributed by atoms with Gasteiger partial charge in [-0.2, -0.15) is 0 Å². The van der Waals surface area contributed by atoms with Crippen LogP contribution in [-0.2, 0) is 23.0 Å². The van der Waals surface area contributed by atoms with E-state index in [0.29, 0.717) is 12.2 Å². The Balaban J connectivity index is 1.84. The molecule has 0 amide bonds. The van der Waals surface area contributed by atoms with Gasteiger partial charge in [-0.05, 0) is 23.8 Å². The Morgan fingerprint density at radius 2 is 2.00 bits per heavy atom. The zero-order valence-electron chi connectivity index (χ0n) is 12.0. The fraction of sp³-hybridized carbons (Fsp3) is 0.214. The molecule has 8 nitrogen and oxygen atoms in total. The second kappa shape index (κ2) is 5.94. The van der Waals surface area contributed by atoms with Crippen LogP contribution in [0.4, 0.5) is 11.4 Å². The molecule has 2 heterocycles. The normalized spacial score (nSPS) is 14.1. The first-order valence-electron chi connectivity index (χ1n) is 6.91. The molecule has 0 saturated carbocycles. The van der Waals surface area contributed by atoms with Gasteiger partial charge in [-0.3, -0.25) is 19.8 Å². The maximum absolute atomic E-state index is 12.3. The predicted molar refractivity (Wildman–Crippen MR) is 83.6 cm³/mol. The summed E-state index contributed by atoms with van der Waals surface area (Å²) < 4.78 is 27.1. The second-order valence-electron chi connectivity index (χ2n) is 5.11. The highest BCUT2D eigenvalue weighted by molar-refractivity contribution is 7.92. The van der Waals surface area contributed by atoms with Crippen molar-refractivity contribution < 1.29 is 13.3 Å². The number of rotatable bonds is 4. The number of non-ortho nitro benzene ring substituents is 1. The fourth-order valence-corrected chi connectivity index (χ4v) is 3.40. The molecule has 0 atom stereocenters. The van der Waals surface area contributed by atoms with E-state index in [-0.39, 0.29) is 10.6 Å². The zero-order valence-corrected chi connectivity index (χ0v) is 12.8. The second-order valence-corrected chi connectivity index (χ2v) is 6.80. The minimum atomic E-state index is -3.82. The quantitative estimate of drug-likeness (QED) is 0.646. The lowest BCUT2D eigenvalue weighted by Gasteiger charge is -2.17. The van der Waals surface area contributed by atoms with Gasteiger partial charge in [0.25, 0.3) is 15.7 Å². The summed E-state index contributed by atoms with van der Waals surface area (Å²) in [5.41, 5.74) is 2.12. The van der Waals surface area contributed by atoms with Crippen LogP contribution < -0.4 is 10.0 Å². The van der Waals surface area contributed by atoms with E-state index < -0.39 is 14.9 Å². The minimum Gasteiger partial charge on any atom is -0.312 e. The molecule has 23 heavy (non-hydrogen) atoms. The largest absolute Gasteiger partial charge is 0.312 e. The summed E-state index contributed by atoms with van der Waals surface area (Å²) >= 11 is 0. The number of hydrogen-bond donors (Lipinski definition) is 2. The number of nitrogens with zero attached hydrogens (tertiary/aromatic N) is 2. The van der Waals surface area contributed by atoms with Crippen LogP contribution in [-0.4, -0.2) is 24.9 Å². The monoisotopic (exact) mass is 334 g/mol. The lowest BCUT2D eigenvalue weighted by Crippen LogP contribution is -2.25. The van der Waals surface area contributed by atoms with E-state index in [0.717, 1.165) is 36.4 Å². The molecular weight excluding hydrogens is 320 g/mol. The molecule has 0 saturated heterocycles. The van der Waals surface area contributed by atoms with E-state index >= 15 is 0 Å². The van der Waals surface area contributed by atoms with Crippen molar-refractivity contribution in [3.05, 3.63) is 57.9 Å². The maximum Gasteiger partial charge on any atom is 0.269 e. The number of fused-ring (bicyclic) bond motifs is 1. The number of pyridine rings is 1. The molecule has 1 aliphatic rings. The van der Waals surface area contributed by atoms with Crippen molar-refractivity contribution in [2.24, 2.45) is 0 Å². The van der Waals surface area contributed by atoms with Crippen molar-refractivity contribution >= 4 is 21.4 Å². The Morgan fingerprint density at radius 1 is 1.26 bits per heavy atom. The van der Waals surface area contributed by atoms with Gasteiger partial charge in [0.2, 0.25) is 0 Å². The smallest absolute Gasteiger partial charge is 0.269 e. The molecule has 1 aliphatic heterocycles. The van der Waals surface area contributed by atoms with Crippen molar-refractivity contribution in [1.29, 1.82) is 0 Å². The van der Waals surface area contributed by atoms with E-state index in [4.69, 9.17) is 0 Å². The Hall–Kier alpha value is -2.52. The van der Waals surface area contributed by atoms with Crippen LogP contribution in [0.25, 0.3) is 0 Å². The molecule has 0 spiro atoms. The highest BCUT2D eigenvalue weighted by Crippen LogP contribution is 2.21. The summed E-state index contributed by atoms with van der Waals surface area (Å²) in [6.45, 7) is 1.50. The van der Waals surface area contributed by atoms with Gasteiger partial charge in [0.15, 0.2) is 0 Å². The maximum atomic E-state index is 12.3. The third-order valence-electron chi connectivity index (χ3n) is 3.52. The molecule has 0 bridgehead atoms. The van der Waals surface area contributed by atoms with E-state index in [1.807, 2.05) is 0 Å².